The van der Waals surface area contributed by atoms with E-state index in [1.54, 1.807) is 0 Å². The fraction of sp³-hybridized carbons (Fsp3) is 0.818. The van der Waals surface area contributed by atoms with Crippen molar-refractivity contribution < 1.29 is 38.4 Å². The maximum atomic E-state index is 12.6. The Bertz CT molecular complexity index is 822. The second-order valence-corrected chi connectivity index (χ2v) is 11.9. The van der Waals surface area contributed by atoms with Crippen LogP contribution in [0.25, 0.3) is 0 Å². The van der Waals surface area contributed by atoms with Crippen LogP contribution in [0.5, 0.6) is 0 Å². The van der Waals surface area contributed by atoms with Crippen molar-refractivity contribution in [2.45, 2.75) is 74.0 Å². The van der Waals surface area contributed by atoms with Gasteiger partial charge < -0.3 is 18.9 Å². The van der Waals surface area contributed by atoms with Gasteiger partial charge in [-0.3, -0.25) is 40.6 Å². The number of carbonyl (C=O) groups excluding carboxylic acids is 2. The molecule has 0 amide bonds. The average molecular weight is 579 g/mol. The van der Waals surface area contributed by atoms with Gasteiger partial charge in [-0.05, 0) is 25.7 Å². The van der Waals surface area contributed by atoms with Gasteiger partial charge in [-0.2, -0.15) is 0 Å². The maximum Gasteiger partial charge on any atom is 0.315 e. The van der Waals surface area contributed by atoms with Gasteiger partial charge in [0.15, 0.2) is 11.8 Å². The molecule has 0 bridgehead atoms. The molecule has 0 aromatic rings. The molecule has 2 saturated carbocycles. The zero-order valence-corrected chi connectivity index (χ0v) is 23.0. The van der Waals surface area contributed by atoms with Crippen LogP contribution < -0.4 is 0 Å². The zero-order chi connectivity index (χ0) is 28.2. The lowest BCUT2D eigenvalue weighted by Crippen LogP contribution is -2.42. The van der Waals surface area contributed by atoms with Crippen LogP contribution in [0.2, 0.25) is 0 Å². The third-order valence-corrected chi connectivity index (χ3v) is 10.1. The molecule has 0 saturated heterocycles. The monoisotopic (exact) mass is 578 g/mol. The van der Waals surface area contributed by atoms with E-state index in [2.05, 4.69) is 0 Å². The van der Waals surface area contributed by atoms with E-state index in [-0.39, 0.29) is 74.0 Å². The first-order valence-electron chi connectivity index (χ1n) is 12.2. The van der Waals surface area contributed by atoms with Crippen molar-refractivity contribution in [3.8, 4) is 0 Å². The highest BCUT2D eigenvalue weighted by Gasteiger charge is 2.46. The molecular weight excluding hydrogens is 544 g/mol. The van der Waals surface area contributed by atoms with Crippen molar-refractivity contribution in [2.24, 2.45) is 11.8 Å². The Morgan fingerprint density at radius 1 is 0.763 bits per heavy atom. The van der Waals surface area contributed by atoms with Crippen LogP contribution in [0, 0.1) is 42.9 Å². The molecule has 6 atom stereocenters. The molecule has 38 heavy (non-hydrogen) atoms. The average Bonchev–Trinajstić information content (AvgIpc) is 2.90. The molecule has 2 aliphatic rings. The molecule has 0 heterocycles. The first kappa shape index (κ1) is 31.6. The lowest BCUT2D eigenvalue weighted by Gasteiger charge is -2.32. The van der Waals surface area contributed by atoms with Crippen LogP contribution >= 0.6 is 21.6 Å². The zero-order valence-electron chi connectivity index (χ0n) is 21.3. The van der Waals surface area contributed by atoms with Crippen molar-refractivity contribution in [3.05, 3.63) is 20.2 Å². The molecule has 0 aromatic heterocycles. The number of carbonyl (C=O) groups is 2. The van der Waals surface area contributed by atoms with E-state index < -0.39 is 45.7 Å². The van der Waals surface area contributed by atoms with Crippen molar-refractivity contribution in [3.63, 3.8) is 0 Å². The third kappa shape index (κ3) is 9.60. The van der Waals surface area contributed by atoms with Gasteiger partial charge >= 0.3 is 11.9 Å². The highest BCUT2D eigenvalue weighted by Crippen LogP contribution is 2.45. The Hall–Kier alpha value is -2.62. The lowest BCUT2D eigenvalue weighted by molar-refractivity contribution is -0.533. The normalized spacial score (nSPS) is 27.0. The third-order valence-electron chi connectivity index (χ3n) is 6.65. The van der Waals surface area contributed by atoms with E-state index in [9.17, 15) is 29.8 Å². The number of nitro groups is 2. The lowest BCUT2D eigenvalue weighted by atomic mass is 9.84. The number of methoxy groups -OCH3 is 2. The SMILES string of the molecule is COC(=N)CCOC(=O)C1CC(SSC2CCC([N+](=O)[O-])C(C(=O)OCCC(=N)OC)C2)CCC1[N+](=O)[O-]. The predicted molar refractivity (Wildman–Crippen MR) is 140 cm³/mol. The Kier molecular flexibility index (Phi) is 13.1. The van der Waals surface area contributed by atoms with Gasteiger partial charge in [0.25, 0.3) is 0 Å². The number of hydrogen-bond acceptors (Lipinski definition) is 14. The fourth-order valence-electron chi connectivity index (χ4n) is 4.48. The van der Waals surface area contributed by atoms with Crippen LogP contribution in [-0.4, -0.2) is 83.6 Å². The summed E-state index contributed by atoms with van der Waals surface area (Å²) in [5.41, 5.74) is 0. The summed E-state index contributed by atoms with van der Waals surface area (Å²) in [4.78, 5) is 47.4. The summed E-state index contributed by atoms with van der Waals surface area (Å²) in [6.07, 6.45) is 2.17. The summed E-state index contributed by atoms with van der Waals surface area (Å²) in [7, 11) is 5.63. The van der Waals surface area contributed by atoms with Crippen LogP contribution in [0.1, 0.15) is 51.4 Å². The summed E-state index contributed by atoms with van der Waals surface area (Å²) in [6.45, 7) is -0.189. The number of ether oxygens (including phenoxy) is 4. The minimum Gasteiger partial charge on any atom is -0.484 e. The maximum absolute atomic E-state index is 12.6. The van der Waals surface area contributed by atoms with E-state index in [0.717, 1.165) is 0 Å². The van der Waals surface area contributed by atoms with Crippen LogP contribution in [0.3, 0.4) is 0 Å². The predicted octanol–water partition coefficient (Wildman–Crippen LogP) is 3.11. The highest BCUT2D eigenvalue weighted by molar-refractivity contribution is 8.77. The molecule has 2 rings (SSSR count). The van der Waals surface area contributed by atoms with Gasteiger partial charge in [0.1, 0.15) is 11.8 Å². The van der Waals surface area contributed by atoms with E-state index in [0.29, 0.717) is 12.8 Å². The van der Waals surface area contributed by atoms with E-state index >= 15 is 0 Å². The van der Waals surface area contributed by atoms with Crippen molar-refractivity contribution in [1.82, 2.24) is 0 Å². The molecule has 2 fully saturated rings. The summed E-state index contributed by atoms with van der Waals surface area (Å²) < 4.78 is 19.8. The minimum atomic E-state index is -1.04. The molecule has 0 aliphatic heterocycles. The Morgan fingerprint density at radius 2 is 1.13 bits per heavy atom. The number of esters is 2. The Balaban J connectivity index is 1.92. The summed E-state index contributed by atoms with van der Waals surface area (Å²) in [5, 5.41) is 37.8. The molecular formula is C22H34N4O10S2. The van der Waals surface area contributed by atoms with Crippen molar-refractivity contribution in [1.29, 1.82) is 10.8 Å². The fourth-order valence-corrected chi connectivity index (χ4v) is 7.82. The molecule has 6 unspecified atom stereocenters. The molecule has 214 valence electrons. The van der Waals surface area contributed by atoms with Gasteiger partial charge in [-0.25, -0.2) is 0 Å². The Morgan fingerprint density at radius 3 is 1.45 bits per heavy atom. The van der Waals surface area contributed by atoms with Crippen molar-refractivity contribution in [2.75, 3.05) is 27.4 Å². The van der Waals surface area contributed by atoms with E-state index in [1.165, 1.54) is 35.8 Å². The van der Waals surface area contributed by atoms with Gasteiger partial charge in [-0.15, -0.1) is 0 Å². The van der Waals surface area contributed by atoms with Crippen LogP contribution in [0.4, 0.5) is 0 Å². The van der Waals surface area contributed by atoms with E-state index in [4.69, 9.17) is 29.8 Å². The molecule has 0 radical (unpaired) electrons. The molecule has 0 aromatic carbocycles. The number of hydrogen-bond donors (Lipinski definition) is 2. The van der Waals surface area contributed by atoms with Gasteiger partial charge in [0.05, 0.1) is 40.3 Å². The first-order valence-corrected chi connectivity index (χ1v) is 14.5. The molecule has 16 heteroatoms. The summed E-state index contributed by atoms with van der Waals surface area (Å²) in [6, 6.07) is -2.08. The highest BCUT2D eigenvalue weighted by atomic mass is 33.1. The molecule has 2 aliphatic carbocycles. The van der Waals surface area contributed by atoms with Gasteiger partial charge in [-0.1, -0.05) is 21.6 Å². The quantitative estimate of drug-likeness (QED) is 0.0807. The largest absolute Gasteiger partial charge is 0.484 e. The number of rotatable bonds is 13. The Labute approximate surface area is 227 Å². The molecule has 2 N–H and O–H groups in total. The van der Waals surface area contributed by atoms with Crippen LogP contribution in [-0.2, 0) is 28.5 Å². The summed E-state index contributed by atoms with van der Waals surface area (Å²) >= 11 is 0. The van der Waals surface area contributed by atoms with Gasteiger partial charge in [0.2, 0.25) is 12.1 Å². The first-order chi connectivity index (χ1) is 18.1. The van der Waals surface area contributed by atoms with Gasteiger partial charge in [0, 0.05) is 33.2 Å². The number of nitrogens with zero attached hydrogens (tertiary/aromatic N) is 2. The topological polar surface area (TPSA) is 205 Å². The molecule has 14 nitrogen and oxygen atoms in total. The smallest absolute Gasteiger partial charge is 0.315 e. The second-order valence-electron chi connectivity index (χ2n) is 9.07. The number of nitrogens with one attached hydrogen (secondary N) is 2. The second kappa shape index (κ2) is 15.7. The molecule has 0 spiro atoms. The minimum absolute atomic E-state index is 0.0551. The van der Waals surface area contributed by atoms with E-state index in [1.807, 2.05) is 0 Å². The standard InChI is InChI=1S/C22H34N4O10S2/c1-33-19(23)7-9-35-21(27)15-11-13(3-5-17(15)25(29)30)37-38-14-4-6-18(26(31)32)16(12-14)22(28)36-10-8-20(24)34-2/h13-18,23-24H,3-12H2,1-2H3. The van der Waals surface area contributed by atoms with Crippen LogP contribution in [0.15, 0.2) is 0 Å². The van der Waals surface area contributed by atoms with Crippen molar-refractivity contribution >= 4 is 45.3 Å². The summed E-state index contributed by atoms with van der Waals surface area (Å²) in [5.74, 6) is -3.26.